The zero-order valence-electron chi connectivity index (χ0n) is 8.67. The molecule has 0 aliphatic rings. The molecule has 0 amide bonds. The molecule has 2 N–H and O–H groups in total. The van der Waals surface area contributed by atoms with Gasteiger partial charge in [-0.15, -0.1) is 0 Å². The summed E-state index contributed by atoms with van der Waals surface area (Å²) in [5, 5.41) is 8.78. The predicted octanol–water partition coefficient (Wildman–Crippen LogP) is 2.65. The Morgan fingerprint density at radius 1 is 1.35 bits per heavy atom. The van der Waals surface area contributed by atoms with E-state index in [9.17, 15) is 8.78 Å². The van der Waals surface area contributed by atoms with Crippen molar-refractivity contribution in [2.75, 3.05) is 6.61 Å². The zero-order valence-corrected chi connectivity index (χ0v) is 10.3. The van der Waals surface area contributed by atoms with Crippen molar-refractivity contribution in [2.45, 2.75) is 6.42 Å². The van der Waals surface area contributed by atoms with Gasteiger partial charge in [0.25, 0.3) is 0 Å². The van der Waals surface area contributed by atoms with Crippen LogP contribution in [0.5, 0.6) is 0 Å². The van der Waals surface area contributed by atoms with E-state index in [-0.39, 0.29) is 12.2 Å². The number of rotatable bonds is 3. The van der Waals surface area contributed by atoms with Crippen molar-refractivity contribution in [3.05, 3.63) is 40.3 Å². The summed E-state index contributed by atoms with van der Waals surface area (Å²) in [6.45, 7) is -0.0645. The molecule has 2 aromatic rings. The molecule has 0 atom stereocenters. The normalized spacial score (nSPS) is 10.8. The van der Waals surface area contributed by atoms with Crippen LogP contribution in [-0.2, 0) is 6.42 Å². The van der Waals surface area contributed by atoms with Crippen molar-refractivity contribution in [1.29, 1.82) is 0 Å². The fourth-order valence-corrected chi connectivity index (χ4v) is 2.01. The molecule has 0 saturated carbocycles. The Hall–Kier alpha value is -1.27. The molecule has 0 saturated heterocycles. The summed E-state index contributed by atoms with van der Waals surface area (Å²) in [6.07, 6.45) is 0.329. The van der Waals surface area contributed by atoms with E-state index in [1.54, 1.807) is 0 Å². The lowest BCUT2D eigenvalue weighted by molar-refractivity contribution is 0.297. The Labute approximate surface area is 105 Å². The van der Waals surface area contributed by atoms with Crippen molar-refractivity contribution in [2.24, 2.45) is 0 Å². The van der Waals surface area contributed by atoms with Gasteiger partial charge in [-0.3, -0.25) is 0 Å². The van der Waals surface area contributed by atoms with Crippen LogP contribution >= 0.6 is 15.9 Å². The Bertz CT molecular complexity index is 542. The first kappa shape index (κ1) is 12.2. The van der Waals surface area contributed by atoms with Gasteiger partial charge in [0.1, 0.15) is 27.8 Å². The smallest absolute Gasteiger partial charge is 0.132 e. The van der Waals surface area contributed by atoms with Gasteiger partial charge in [-0.1, -0.05) is 0 Å². The summed E-state index contributed by atoms with van der Waals surface area (Å²) in [7, 11) is 0. The molecule has 0 unspecified atom stereocenters. The fourth-order valence-electron chi connectivity index (χ4n) is 1.48. The molecular formula is C11H9BrF2N2O. The van der Waals surface area contributed by atoms with Gasteiger partial charge in [-0.05, 0) is 34.1 Å². The molecular weight excluding hydrogens is 294 g/mol. The van der Waals surface area contributed by atoms with Gasteiger partial charge in [-0.25, -0.2) is 13.8 Å². The summed E-state index contributed by atoms with van der Waals surface area (Å²) < 4.78 is 27.1. The minimum absolute atomic E-state index is 0.0645. The SMILES string of the molecule is OCCc1nc(-c2cc(F)ccc2F)c(Br)[nH]1. The Morgan fingerprint density at radius 3 is 2.82 bits per heavy atom. The second kappa shape index (κ2) is 4.93. The highest BCUT2D eigenvalue weighted by Crippen LogP contribution is 2.28. The topological polar surface area (TPSA) is 48.9 Å². The number of nitrogens with zero attached hydrogens (tertiary/aromatic N) is 1. The van der Waals surface area contributed by atoms with Crippen LogP contribution in [-0.4, -0.2) is 21.7 Å². The molecule has 0 aliphatic heterocycles. The van der Waals surface area contributed by atoms with Crippen LogP contribution in [0.15, 0.2) is 22.8 Å². The van der Waals surface area contributed by atoms with Crippen LogP contribution in [0.25, 0.3) is 11.3 Å². The van der Waals surface area contributed by atoms with Gasteiger partial charge in [0, 0.05) is 12.0 Å². The predicted molar refractivity (Wildman–Crippen MR) is 62.4 cm³/mol. The van der Waals surface area contributed by atoms with Crippen molar-refractivity contribution in [3.8, 4) is 11.3 Å². The molecule has 1 aromatic carbocycles. The number of imidazole rings is 1. The second-order valence-corrected chi connectivity index (χ2v) is 4.24. The van der Waals surface area contributed by atoms with Crippen LogP contribution in [0.4, 0.5) is 8.78 Å². The van der Waals surface area contributed by atoms with Crippen molar-refractivity contribution < 1.29 is 13.9 Å². The molecule has 0 spiro atoms. The average Bonchev–Trinajstić information content (AvgIpc) is 2.64. The molecule has 0 bridgehead atoms. The lowest BCUT2D eigenvalue weighted by atomic mass is 10.1. The molecule has 0 aliphatic carbocycles. The van der Waals surface area contributed by atoms with Crippen LogP contribution in [0.2, 0.25) is 0 Å². The number of aromatic nitrogens is 2. The Kier molecular flexibility index (Phi) is 3.54. The Balaban J connectivity index is 2.48. The number of benzene rings is 1. The molecule has 1 aromatic heterocycles. The van der Waals surface area contributed by atoms with Crippen molar-refractivity contribution in [1.82, 2.24) is 9.97 Å². The minimum Gasteiger partial charge on any atom is -0.396 e. The van der Waals surface area contributed by atoms with Gasteiger partial charge in [0.2, 0.25) is 0 Å². The maximum Gasteiger partial charge on any atom is 0.132 e. The van der Waals surface area contributed by atoms with E-state index < -0.39 is 11.6 Å². The summed E-state index contributed by atoms with van der Waals surface area (Å²) in [5.41, 5.74) is 0.378. The minimum atomic E-state index is -0.547. The number of aliphatic hydroxyl groups is 1. The van der Waals surface area contributed by atoms with Crippen molar-refractivity contribution in [3.63, 3.8) is 0 Å². The number of hydrogen-bond donors (Lipinski definition) is 2. The molecule has 3 nitrogen and oxygen atoms in total. The molecule has 2 rings (SSSR count). The first-order chi connectivity index (χ1) is 8.11. The van der Waals surface area contributed by atoms with E-state index in [1.165, 1.54) is 0 Å². The number of hydrogen-bond acceptors (Lipinski definition) is 2. The summed E-state index contributed by atoms with van der Waals surface area (Å²) in [4.78, 5) is 6.95. The lowest BCUT2D eigenvalue weighted by Gasteiger charge is -2.00. The third kappa shape index (κ3) is 2.53. The fraction of sp³-hybridized carbons (Fsp3) is 0.182. The van der Waals surface area contributed by atoms with E-state index in [4.69, 9.17) is 5.11 Å². The summed E-state index contributed by atoms with van der Waals surface area (Å²) in [6, 6.07) is 3.19. The van der Waals surface area contributed by atoms with Crippen LogP contribution in [0.3, 0.4) is 0 Å². The standard InChI is InChI=1S/C11H9BrF2N2O/c12-11-10(15-9(16-11)3-4-17)7-5-6(13)1-2-8(7)14/h1-2,5,17H,3-4H2,(H,15,16). The third-order valence-corrected chi connectivity index (χ3v) is 2.81. The number of aromatic amines is 1. The summed E-state index contributed by atoms with van der Waals surface area (Å²) in [5.74, 6) is -0.563. The van der Waals surface area contributed by atoms with Gasteiger partial charge in [0.15, 0.2) is 0 Å². The zero-order chi connectivity index (χ0) is 12.4. The highest BCUT2D eigenvalue weighted by atomic mass is 79.9. The number of aliphatic hydroxyl groups excluding tert-OH is 1. The second-order valence-electron chi connectivity index (χ2n) is 3.44. The van der Waals surface area contributed by atoms with E-state index in [1.807, 2.05) is 0 Å². The average molecular weight is 303 g/mol. The largest absolute Gasteiger partial charge is 0.396 e. The molecule has 90 valence electrons. The third-order valence-electron chi connectivity index (χ3n) is 2.24. The highest BCUT2D eigenvalue weighted by Gasteiger charge is 2.14. The van der Waals surface area contributed by atoms with Gasteiger partial charge in [-0.2, -0.15) is 0 Å². The van der Waals surface area contributed by atoms with Crippen LogP contribution < -0.4 is 0 Å². The van der Waals surface area contributed by atoms with E-state index in [2.05, 4.69) is 25.9 Å². The number of nitrogens with one attached hydrogen (secondary N) is 1. The Morgan fingerprint density at radius 2 is 2.12 bits per heavy atom. The molecule has 17 heavy (non-hydrogen) atoms. The quantitative estimate of drug-likeness (QED) is 0.916. The van der Waals surface area contributed by atoms with Gasteiger partial charge >= 0.3 is 0 Å². The highest BCUT2D eigenvalue weighted by molar-refractivity contribution is 9.10. The monoisotopic (exact) mass is 302 g/mol. The number of H-pyrrole nitrogens is 1. The first-order valence-corrected chi connectivity index (χ1v) is 5.71. The van der Waals surface area contributed by atoms with Crippen molar-refractivity contribution >= 4 is 15.9 Å². The van der Waals surface area contributed by atoms with E-state index in [0.29, 0.717) is 22.5 Å². The van der Waals surface area contributed by atoms with Crippen LogP contribution in [0.1, 0.15) is 5.82 Å². The molecule has 1 heterocycles. The lowest BCUT2D eigenvalue weighted by Crippen LogP contribution is -1.93. The van der Waals surface area contributed by atoms with E-state index in [0.717, 1.165) is 18.2 Å². The van der Waals surface area contributed by atoms with Gasteiger partial charge < -0.3 is 10.1 Å². The van der Waals surface area contributed by atoms with Gasteiger partial charge in [0.05, 0.1) is 6.61 Å². The molecule has 0 fully saturated rings. The molecule has 0 radical (unpaired) electrons. The van der Waals surface area contributed by atoms with E-state index >= 15 is 0 Å². The molecule has 6 heteroatoms. The first-order valence-electron chi connectivity index (χ1n) is 4.92. The number of halogens is 3. The van der Waals surface area contributed by atoms with Crippen LogP contribution in [0, 0.1) is 11.6 Å². The maximum absolute atomic E-state index is 13.5. The summed E-state index contributed by atoms with van der Waals surface area (Å²) >= 11 is 3.19. The maximum atomic E-state index is 13.5.